The number of carbonyl (C=O) groups excluding carboxylic acids is 1. The van der Waals surface area contributed by atoms with Gasteiger partial charge in [-0.2, -0.15) is 5.10 Å². The van der Waals surface area contributed by atoms with Crippen LogP contribution in [0.3, 0.4) is 0 Å². The van der Waals surface area contributed by atoms with E-state index in [4.69, 9.17) is 4.74 Å². The molecule has 0 atom stereocenters. The quantitative estimate of drug-likeness (QED) is 0.780. The summed E-state index contributed by atoms with van der Waals surface area (Å²) in [5.74, 6) is -0.265. The van der Waals surface area contributed by atoms with Crippen molar-refractivity contribution >= 4 is 21.9 Å². The predicted octanol–water partition coefficient (Wildman–Crippen LogP) is 1.91. The predicted molar refractivity (Wildman–Crippen MR) is 55.9 cm³/mol. The van der Waals surface area contributed by atoms with E-state index in [2.05, 4.69) is 21.0 Å². The second-order valence-corrected chi connectivity index (χ2v) is 4.12. The smallest absolute Gasteiger partial charge is 0.328 e. The second kappa shape index (κ2) is 4.59. The van der Waals surface area contributed by atoms with Crippen LogP contribution in [0.5, 0.6) is 0 Å². The van der Waals surface area contributed by atoms with Crippen LogP contribution in [0.1, 0.15) is 19.5 Å². The summed E-state index contributed by atoms with van der Waals surface area (Å²) in [5.41, 5.74) is 0.928. The number of halogens is 1. The zero-order valence-corrected chi connectivity index (χ0v) is 10.0. The SMILES string of the molecule is Cc1cc(Br)nn1CC(=O)OC(C)C. The van der Waals surface area contributed by atoms with E-state index in [-0.39, 0.29) is 18.6 Å². The van der Waals surface area contributed by atoms with Crippen LogP contribution in [-0.4, -0.2) is 21.9 Å². The van der Waals surface area contributed by atoms with Gasteiger partial charge in [-0.05, 0) is 42.8 Å². The van der Waals surface area contributed by atoms with Crippen LogP contribution >= 0.6 is 15.9 Å². The first kappa shape index (κ1) is 11.2. The minimum Gasteiger partial charge on any atom is -0.462 e. The molecule has 0 amide bonds. The summed E-state index contributed by atoms with van der Waals surface area (Å²) >= 11 is 3.24. The maximum Gasteiger partial charge on any atom is 0.328 e. The summed E-state index contributed by atoms with van der Waals surface area (Å²) in [6, 6.07) is 1.85. The van der Waals surface area contributed by atoms with Crippen molar-refractivity contribution in [3.05, 3.63) is 16.4 Å². The lowest BCUT2D eigenvalue weighted by molar-refractivity contribution is -0.148. The molecule has 0 N–H and O–H groups in total. The highest BCUT2D eigenvalue weighted by atomic mass is 79.9. The number of carbonyl (C=O) groups is 1. The van der Waals surface area contributed by atoms with E-state index in [0.717, 1.165) is 10.3 Å². The van der Waals surface area contributed by atoms with Crippen molar-refractivity contribution < 1.29 is 9.53 Å². The Balaban J connectivity index is 2.60. The van der Waals surface area contributed by atoms with E-state index < -0.39 is 0 Å². The molecule has 1 heterocycles. The van der Waals surface area contributed by atoms with E-state index >= 15 is 0 Å². The maximum atomic E-state index is 11.3. The molecule has 78 valence electrons. The van der Waals surface area contributed by atoms with E-state index in [1.807, 2.05) is 26.8 Å². The molecule has 0 saturated heterocycles. The van der Waals surface area contributed by atoms with E-state index in [1.165, 1.54) is 0 Å². The van der Waals surface area contributed by atoms with Crippen LogP contribution in [-0.2, 0) is 16.1 Å². The molecule has 0 unspecified atom stereocenters. The number of nitrogens with zero attached hydrogens (tertiary/aromatic N) is 2. The molecule has 0 saturated carbocycles. The number of aryl methyl sites for hydroxylation is 1. The Bertz CT molecular complexity index is 334. The highest BCUT2D eigenvalue weighted by Crippen LogP contribution is 2.09. The van der Waals surface area contributed by atoms with Crippen LogP contribution in [0.25, 0.3) is 0 Å². The first-order valence-electron chi connectivity index (χ1n) is 4.38. The van der Waals surface area contributed by atoms with Gasteiger partial charge in [0.25, 0.3) is 0 Å². The molecule has 1 aromatic heterocycles. The minimum absolute atomic E-state index is 0.0817. The largest absolute Gasteiger partial charge is 0.462 e. The average molecular weight is 261 g/mol. The number of esters is 1. The lowest BCUT2D eigenvalue weighted by Crippen LogP contribution is -2.18. The number of hydrogen-bond acceptors (Lipinski definition) is 3. The van der Waals surface area contributed by atoms with Gasteiger partial charge >= 0.3 is 5.97 Å². The Labute approximate surface area is 91.4 Å². The molecule has 1 rings (SSSR count). The Morgan fingerprint density at radius 1 is 1.71 bits per heavy atom. The molecule has 0 aromatic carbocycles. The van der Waals surface area contributed by atoms with Gasteiger partial charge in [0.2, 0.25) is 0 Å². The van der Waals surface area contributed by atoms with Gasteiger partial charge in [-0.3, -0.25) is 9.48 Å². The van der Waals surface area contributed by atoms with E-state index in [9.17, 15) is 4.79 Å². The summed E-state index contributed by atoms with van der Waals surface area (Å²) in [5, 5.41) is 4.09. The topological polar surface area (TPSA) is 44.1 Å². The molecule has 0 fully saturated rings. The van der Waals surface area contributed by atoms with E-state index in [0.29, 0.717) is 0 Å². The van der Waals surface area contributed by atoms with Crippen LogP contribution in [0.15, 0.2) is 10.7 Å². The Hall–Kier alpha value is -0.840. The number of ether oxygens (including phenoxy) is 1. The molecule has 5 heteroatoms. The molecule has 0 aliphatic rings. The maximum absolute atomic E-state index is 11.3. The van der Waals surface area contributed by atoms with Gasteiger partial charge in [0, 0.05) is 5.69 Å². The number of aromatic nitrogens is 2. The zero-order valence-electron chi connectivity index (χ0n) is 8.45. The molecule has 1 aromatic rings. The van der Waals surface area contributed by atoms with Crippen molar-refractivity contribution in [2.45, 2.75) is 33.4 Å². The van der Waals surface area contributed by atoms with Gasteiger partial charge in [0.15, 0.2) is 0 Å². The normalized spacial score (nSPS) is 10.6. The fourth-order valence-corrected chi connectivity index (χ4v) is 1.58. The molecule has 0 aliphatic carbocycles. The molecule has 0 aliphatic heterocycles. The molecular weight excluding hydrogens is 248 g/mol. The fraction of sp³-hybridized carbons (Fsp3) is 0.556. The van der Waals surface area contributed by atoms with Gasteiger partial charge in [0.1, 0.15) is 11.1 Å². The average Bonchev–Trinajstić information content (AvgIpc) is 2.28. The van der Waals surface area contributed by atoms with Crippen LogP contribution < -0.4 is 0 Å². The summed E-state index contributed by atoms with van der Waals surface area (Å²) in [6.45, 7) is 5.70. The molecule has 14 heavy (non-hydrogen) atoms. The zero-order chi connectivity index (χ0) is 10.7. The molecule has 0 bridgehead atoms. The lowest BCUT2D eigenvalue weighted by atomic mass is 10.4. The first-order valence-corrected chi connectivity index (χ1v) is 5.17. The lowest BCUT2D eigenvalue weighted by Gasteiger charge is -2.08. The monoisotopic (exact) mass is 260 g/mol. The Morgan fingerprint density at radius 3 is 2.79 bits per heavy atom. The molecule has 0 spiro atoms. The number of rotatable bonds is 3. The highest BCUT2D eigenvalue weighted by Gasteiger charge is 2.09. The van der Waals surface area contributed by atoms with Crippen molar-refractivity contribution in [1.82, 2.24) is 9.78 Å². The van der Waals surface area contributed by atoms with Crippen molar-refractivity contribution in [2.24, 2.45) is 0 Å². The van der Waals surface area contributed by atoms with Gasteiger partial charge in [-0.25, -0.2) is 0 Å². The highest BCUT2D eigenvalue weighted by molar-refractivity contribution is 9.10. The minimum atomic E-state index is -0.265. The Morgan fingerprint density at radius 2 is 2.36 bits per heavy atom. The fourth-order valence-electron chi connectivity index (χ4n) is 1.05. The van der Waals surface area contributed by atoms with Crippen molar-refractivity contribution in [3.63, 3.8) is 0 Å². The van der Waals surface area contributed by atoms with Crippen molar-refractivity contribution in [1.29, 1.82) is 0 Å². The van der Waals surface area contributed by atoms with Gasteiger partial charge < -0.3 is 4.74 Å². The Kier molecular flexibility index (Phi) is 3.69. The third kappa shape index (κ3) is 3.14. The third-order valence-electron chi connectivity index (χ3n) is 1.60. The standard InChI is InChI=1S/C9H13BrN2O2/c1-6(2)14-9(13)5-12-7(3)4-8(10)11-12/h4,6H,5H2,1-3H3. The van der Waals surface area contributed by atoms with Gasteiger partial charge in [-0.1, -0.05) is 0 Å². The summed E-state index contributed by atoms with van der Waals surface area (Å²) in [7, 11) is 0. The van der Waals surface area contributed by atoms with Gasteiger partial charge in [0.05, 0.1) is 6.10 Å². The van der Waals surface area contributed by atoms with E-state index in [1.54, 1.807) is 4.68 Å². The van der Waals surface area contributed by atoms with Gasteiger partial charge in [-0.15, -0.1) is 0 Å². The van der Waals surface area contributed by atoms with Crippen LogP contribution in [0.4, 0.5) is 0 Å². The second-order valence-electron chi connectivity index (χ2n) is 3.30. The summed E-state index contributed by atoms with van der Waals surface area (Å²) in [4.78, 5) is 11.3. The number of hydrogen-bond donors (Lipinski definition) is 0. The van der Waals surface area contributed by atoms with Crippen LogP contribution in [0, 0.1) is 6.92 Å². The summed E-state index contributed by atoms with van der Waals surface area (Å²) in [6.07, 6.45) is -0.0817. The van der Waals surface area contributed by atoms with Crippen LogP contribution in [0.2, 0.25) is 0 Å². The van der Waals surface area contributed by atoms with Crippen molar-refractivity contribution in [3.8, 4) is 0 Å². The third-order valence-corrected chi connectivity index (χ3v) is 1.98. The molecular formula is C9H13BrN2O2. The van der Waals surface area contributed by atoms with Crippen molar-refractivity contribution in [2.75, 3.05) is 0 Å². The molecule has 4 nitrogen and oxygen atoms in total. The summed E-state index contributed by atoms with van der Waals surface area (Å²) < 4.78 is 7.34. The molecule has 0 radical (unpaired) electrons. The first-order chi connectivity index (χ1) is 6.49.